The van der Waals surface area contributed by atoms with Gasteiger partial charge in [0.1, 0.15) is 0 Å². The lowest BCUT2D eigenvalue weighted by atomic mass is 10.1. The van der Waals surface area contributed by atoms with Crippen LogP contribution in [0.1, 0.15) is 17.5 Å². The number of benzene rings is 1. The number of hydrogen-bond acceptors (Lipinski definition) is 3. The minimum absolute atomic E-state index is 0.393. The molecular weight excluding hydrogens is 224 g/mol. The number of aryl methyl sites for hydroxylation is 1. The van der Waals surface area contributed by atoms with Gasteiger partial charge in [-0.15, -0.1) is 0 Å². The van der Waals surface area contributed by atoms with Gasteiger partial charge in [0, 0.05) is 13.1 Å². The van der Waals surface area contributed by atoms with Gasteiger partial charge < -0.3 is 15.4 Å². The third-order valence-corrected chi connectivity index (χ3v) is 3.48. The number of ether oxygens (including phenoxy) is 1. The molecule has 0 aliphatic carbocycles. The van der Waals surface area contributed by atoms with Crippen LogP contribution in [-0.2, 0) is 11.2 Å². The zero-order valence-electron chi connectivity index (χ0n) is 11.2. The molecule has 1 aliphatic rings. The van der Waals surface area contributed by atoms with Crippen molar-refractivity contribution in [2.24, 2.45) is 0 Å². The van der Waals surface area contributed by atoms with E-state index in [4.69, 9.17) is 4.74 Å². The Morgan fingerprint density at radius 1 is 1.33 bits per heavy atom. The maximum atomic E-state index is 5.66. The molecule has 1 aromatic rings. The van der Waals surface area contributed by atoms with Gasteiger partial charge in [-0.1, -0.05) is 24.3 Å². The van der Waals surface area contributed by atoms with Crippen LogP contribution in [0.5, 0.6) is 0 Å². The van der Waals surface area contributed by atoms with Gasteiger partial charge >= 0.3 is 0 Å². The molecule has 1 fully saturated rings. The quantitative estimate of drug-likeness (QED) is 0.749. The molecule has 1 heterocycles. The van der Waals surface area contributed by atoms with E-state index in [-0.39, 0.29) is 0 Å². The molecule has 1 aliphatic heterocycles. The fourth-order valence-electron chi connectivity index (χ4n) is 2.31. The van der Waals surface area contributed by atoms with E-state index in [0.29, 0.717) is 6.10 Å². The molecule has 0 bridgehead atoms. The van der Waals surface area contributed by atoms with Crippen LogP contribution in [0.2, 0.25) is 0 Å². The highest BCUT2D eigenvalue weighted by Gasteiger charge is 2.11. The largest absolute Gasteiger partial charge is 0.376 e. The number of rotatable bonds is 6. The summed E-state index contributed by atoms with van der Waals surface area (Å²) in [6.45, 7) is 7.12. The summed E-state index contributed by atoms with van der Waals surface area (Å²) < 4.78 is 5.66. The van der Waals surface area contributed by atoms with Crippen LogP contribution in [0.3, 0.4) is 0 Å². The Kier molecular flexibility index (Phi) is 5.65. The zero-order chi connectivity index (χ0) is 12.6. The molecule has 3 nitrogen and oxygen atoms in total. The lowest BCUT2D eigenvalue weighted by Gasteiger charge is -2.23. The van der Waals surface area contributed by atoms with Crippen molar-refractivity contribution in [1.82, 2.24) is 10.6 Å². The van der Waals surface area contributed by atoms with Gasteiger partial charge in [0.15, 0.2) is 0 Å². The lowest BCUT2D eigenvalue weighted by molar-refractivity contribution is 0.0239. The molecule has 0 aromatic heterocycles. The Balaban J connectivity index is 1.57. The third kappa shape index (κ3) is 4.41. The summed E-state index contributed by atoms with van der Waals surface area (Å²) in [5.41, 5.74) is 2.83. The molecule has 0 saturated carbocycles. The lowest BCUT2D eigenvalue weighted by Crippen LogP contribution is -2.40. The van der Waals surface area contributed by atoms with Crippen molar-refractivity contribution in [3.63, 3.8) is 0 Å². The average Bonchev–Trinajstić information content (AvgIpc) is 2.42. The van der Waals surface area contributed by atoms with E-state index in [1.807, 2.05) is 0 Å². The predicted molar refractivity (Wildman–Crippen MR) is 75.0 cm³/mol. The van der Waals surface area contributed by atoms with E-state index in [9.17, 15) is 0 Å². The highest BCUT2D eigenvalue weighted by molar-refractivity contribution is 5.25. The highest BCUT2D eigenvalue weighted by atomic mass is 16.5. The molecule has 0 radical (unpaired) electrons. The highest BCUT2D eigenvalue weighted by Crippen LogP contribution is 2.07. The molecule has 1 atom stereocenters. The molecule has 18 heavy (non-hydrogen) atoms. The zero-order valence-corrected chi connectivity index (χ0v) is 11.2. The van der Waals surface area contributed by atoms with Gasteiger partial charge in [-0.25, -0.2) is 0 Å². The maximum absolute atomic E-state index is 5.66. The van der Waals surface area contributed by atoms with Gasteiger partial charge in [0.25, 0.3) is 0 Å². The standard InChI is InChI=1S/C15H24N2O/c1-13-4-2-3-5-14(13)6-8-16-9-7-15-12-17-10-11-18-15/h2-5,15-17H,6-12H2,1H3. The fraction of sp³-hybridized carbons (Fsp3) is 0.600. The molecule has 100 valence electrons. The molecule has 0 amide bonds. The van der Waals surface area contributed by atoms with Gasteiger partial charge in [-0.3, -0.25) is 0 Å². The van der Waals surface area contributed by atoms with Crippen LogP contribution < -0.4 is 10.6 Å². The summed E-state index contributed by atoms with van der Waals surface area (Å²) in [5.74, 6) is 0. The third-order valence-electron chi connectivity index (χ3n) is 3.48. The van der Waals surface area contributed by atoms with Crippen molar-refractivity contribution in [3.8, 4) is 0 Å². The van der Waals surface area contributed by atoms with Gasteiger partial charge in [0.2, 0.25) is 0 Å². The van der Waals surface area contributed by atoms with Crippen LogP contribution in [0.4, 0.5) is 0 Å². The summed E-state index contributed by atoms with van der Waals surface area (Å²) in [6.07, 6.45) is 2.60. The molecule has 1 saturated heterocycles. The first-order valence-electron chi connectivity index (χ1n) is 6.94. The Hall–Kier alpha value is -0.900. The van der Waals surface area contributed by atoms with E-state index in [1.165, 1.54) is 11.1 Å². The van der Waals surface area contributed by atoms with Crippen molar-refractivity contribution >= 4 is 0 Å². The van der Waals surface area contributed by atoms with E-state index in [0.717, 1.165) is 45.6 Å². The molecular formula is C15H24N2O. The minimum Gasteiger partial charge on any atom is -0.376 e. The van der Waals surface area contributed by atoms with Crippen LogP contribution in [0.25, 0.3) is 0 Å². The second kappa shape index (κ2) is 7.52. The molecule has 2 rings (SSSR count). The van der Waals surface area contributed by atoms with E-state index in [1.54, 1.807) is 0 Å². The Morgan fingerprint density at radius 2 is 2.22 bits per heavy atom. The van der Waals surface area contributed by atoms with Crippen molar-refractivity contribution in [2.75, 3.05) is 32.8 Å². The maximum Gasteiger partial charge on any atom is 0.0712 e. The average molecular weight is 248 g/mol. The monoisotopic (exact) mass is 248 g/mol. The molecule has 0 spiro atoms. The van der Waals surface area contributed by atoms with Crippen molar-refractivity contribution in [3.05, 3.63) is 35.4 Å². The second-order valence-electron chi connectivity index (χ2n) is 4.91. The fourth-order valence-corrected chi connectivity index (χ4v) is 2.31. The first-order valence-corrected chi connectivity index (χ1v) is 6.94. The number of hydrogen-bond donors (Lipinski definition) is 2. The first-order chi connectivity index (χ1) is 8.86. The topological polar surface area (TPSA) is 33.3 Å². The van der Waals surface area contributed by atoms with Gasteiger partial charge in [-0.2, -0.15) is 0 Å². The van der Waals surface area contributed by atoms with Gasteiger partial charge in [-0.05, 0) is 44.0 Å². The van der Waals surface area contributed by atoms with Gasteiger partial charge in [0.05, 0.1) is 12.7 Å². The van der Waals surface area contributed by atoms with E-state index >= 15 is 0 Å². The SMILES string of the molecule is Cc1ccccc1CCNCCC1CNCCO1. The summed E-state index contributed by atoms with van der Waals surface area (Å²) in [5, 5.41) is 6.86. The normalized spacial score (nSPS) is 19.9. The Bertz CT molecular complexity index is 348. The van der Waals surface area contributed by atoms with E-state index < -0.39 is 0 Å². The van der Waals surface area contributed by atoms with Crippen molar-refractivity contribution in [1.29, 1.82) is 0 Å². The summed E-state index contributed by atoms with van der Waals surface area (Å²) >= 11 is 0. The number of nitrogens with one attached hydrogen (secondary N) is 2. The number of morpholine rings is 1. The summed E-state index contributed by atoms with van der Waals surface area (Å²) in [7, 11) is 0. The van der Waals surface area contributed by atoms with Crippen LogP contribution in [-0.4, -0.2) is 38.9 Å². The van der Waals surface area contributed by atoms with Crippen molar-refractivity contribution in [2.45, 2.75) is 25.9 Å². The Labute approximate surface area is 110 Å². The minimum atomic E-state index is 0.393. The molecule has 3 heteroatoms. The molecule has 1 unspecified atom stereocenters. The van der Waals surface area contributed by atoms with Crippen LogP contribution in [0.15, 0.2) is 24.3 Å². The van der Waals surface area contributed by atoms with E-state index in [2.05, 4.69) is 41.8 Å². The predicted octanol–water partition coefficient (Wildman–Crippen LogP) is 1.51. The first kappa shape index (κ1) is 13.5. The van der Waals surface area contributed by atoms with Crippen molar-refractivity contribution < 1.29 is 4.74 Å². The smallest absolute Gasteiger partial charge is 0.0712 e. The molecule has 2 N–H and O–H groups in total. The summed E-state index contributed by atoms with van der Waals surface area (Å²) in [6, 6.07) is 8.60. The van der Waals surface area contributed by atoms with Crippen LogP contribution >= 0.6 is 0 Å². The Morgan fingerprint density at radius 3 is 3.00 bits per heavy atom. The second-order valence-corrected chi connectivity index (χ2v) is 4.91. The molecule has 1 aromatic carbocycles. The summed E-state index contributed by atoms with van der Waals surface area (Å²) in [4.78, 5) is 0. The van der Waals surface area contributed by atoms with Crippen LogP contribution in [0, 0.1) is 6.92 Å².